The molecule has 2 aliphatic carbocycles. The first-order valence-electron chi connectivity index (χ1n) is 8.90. The summed E-state index contributed by atoms with van der Waals surface area (Å²) in [6, 6.07) is 8.31. The van der Waals surface area contributed by atoms with Crippen LogP contribution in [0.4, 0.5) is 5.69 Å². The lowest BCUT2D eigenvalue weighted by molar-refractivity contribution is -0.120. The smallest absolute Gasteiger partial charge is 0.227 e. The lowest BCUT2D eigenvalue weighted by atomic mass is 9.85. The van der Waals surface area contributed by atoms with Gasteiger partial charge in [0.25, 0.3) is 0 Å². The van der Waals surface area contributed by atoms with Crippen LogP contribution in [0.2, 0.25) is 0 Å². The standard InChI is InChI=1S/C20H26N2O2/c1-13-4-3-5-17(12-13)22-20(24)15-6-8-16(9-7-15)21-18-10-11-19(23)14(18)2/h3-5,12,15-16,21H,6-11H2,1-2H3,(H,22,24)/t15-,16-. The molecule has 0 spiro atoms. The molecule has 4 nitrogen and oxygen atoms in total. The highest BCUT2D eigenvalue weighted by atomic mass is 16.2. The van der Waals surface area contributed by atoms with Crippen LogP contribution in [0, 0.1) is 12.8 Å². The molecule has 24 heavy (non-hydrogen) atoms. The van der Waals surface area contributed by atoms with E-state index in [1.54, 1.807) is 0 Å². The molecule has 0 atom stereocenters. The van der Waals surface area contributed by atoms with Gasteiger partial charge in [-0.2, -0.15) is 0 Å². The van der Waals surface area contributed by atoms with Crippen LogP contribution in [-0.2, 0) is 9.59 Å². The second kappa shape index (κ2) is 7.20. The van der Waals surface area contributed by atoms with Crippen LogP contribution in [0.25, 0.3) is 0 Å². The van der Waals surface area contributed by atoms with Crippen LogP contribution < -0.4 is 10.6 Å². The fourth-order valence-electron chi connectivity index (χ4n) is 3.68. The van der Waals surface area contributed by atoms with E-state index in [9.17, 15) is 9.59 Å². The first-order valence-corrected chi connectivity index (χ1v) is 8.90. The summed E-state index contributed by atoms with van der Waals surface area (Å²) >= 11 is 0. The molecule has 1 aromatic rings. The number of nitrogens with one attached hydrogen (secondary N) is 2. The van der Waals surface area contributed by atoms with Crippen LogP contribution in [0.15, 0.2) is 35.5 Å². The summed E-state index contributed by atoms with van der Waals surface area (Å²) in [5.41, 5.74) is 4.04. The molecule has 1 aromatic carbocycles. The minimum absolute atomic E-state index is 0.0869. The Labute approximate surface area is 143 Å². The second-order valence-electron chi connectivity index (χ2n) is 7.08. The molecule has 0 radical (unpaired) electrons. The van der Waals surface area contributed by atoms with Crippen molar-refractivity contribution in [1.29, 1.82) is 0 Å². The molecule has 0 saturated heterocycles. The Balaban J connectivity index is 1.50. The second-order valence-corrected chi connectivity index (χ2v) is 7.08. The number of rotatable bonds is 4. The largest absolute Gasteiger partial charge is 0.385 e. The molecule has 0 unspecified atom stereocenters. The Morgan fingerprint density at radius 1 is 1.08 bits per heavy atom. The number of carbonyl (C=O) groups excluding carboxylic acids is 2. The number of ketones is 1. The number of carbonyl (C=O) groups is 2. The van der Waals surface area contributed by atoms with E-state index in [1.807, 2.05) is 38.1 Å². The van der Waals surface area contributed by atoms with Gasteiger partial charge < -0.3 is 10.6 Å². The van der Waals surface area contributed by atoms with E-state index in [0.717, 1.165) is 54.6 Å². The van der Waals surface area contributed by atoms with Gasteiger partial charge in [-0.25, -0.2) is 0 Å². The molecule has 0 bridgehead atoms. The van der Waals surface area contributed by atoms with Crippen LogP contribution in [0.1, 0.15) is 51.0 Å². The first-order chi connectivity index (χ1) is 11.5. The molecule has 1 fully saturated rings. The van der Waals surface area contributed by atoms with Gasteiger partial charge in [-0.05, 0) is 63.6 Å². The minimum atomic E-state index is 0.0869. The van der Waals surface area contributed by atoms with E-state index in [-0.39, 0.29) is 17.6 Å². The van der Waals surface area contributed by atoms with Crippen molar-refractivity contribution in [2.45, 2.75) is 58.4 Å². The molecule has 3 rings (SSSR count). The molecule has 2 aliphatic rings. The average Bonchev–Trinajstić information content (AvgIpc) is 2.87. The number of allylic oxidation sites excluding steroid dienone is 2. The van der Waals surface area contributed by atoms with Crippen molar-refractivity contribution >= 4 is 17.4 Å². The van der Waals surface area contributed by atoms with Gasteiger partial charge in [0.2, 0.25) is 5.91 Å². The average molecular weight is 326 g/mol. The summed E-state index contributed by atoms with van der Waals surface area (Å²) in [5.74, 6) is 0.484. The predicted octanol–water partition coefficient (Wildman–Crippen LogP) is 3.72. The molecule has 0 heterocycles. The van der Waals surface area contributed by atoms with Gasteiger partial charge in [0.15, 0.2) is 5.78 Å². The SMILES string of the molecule is CC1=C(N[C@H]2CC[C@H](C(=O)Nc3cccc(C)c3)CC2)CCC1=O. The van der Waals surface area contributed by atoms with Gasteiger partial charge in [-0.1, -0.05) is 12.1 Å². The van der Waals surface area contributed by atoms with Gasteiger partial charge in [0, 0.05) is 35.3 Å². The number of benzene rings is 1. The van der Waals surface area contributed by atoms with Crippen molar-refractivity contribution in [2.24, 2.45) is 5.92 Å². The molecule has 1 saturated carbocycles. The summed E-state index contributed by atoms with van der Waals surface area (Å²) in [6.45, 7) is 3.94. The van der Waals surface area contributed by atoms with Crippen molar-refractivity contribution in [3.8, 4) is 0 Å². The molecular formula is C20H26N2O2. The molecule has 4 heteroatoms. The van der Waals surface area contributed by atoms with E-state index in [1.165, 1.54) is 0 Å². The molecule has 1 amide bonds. The molecule has 0 aromatic heterocycles. The van der Waals surface area contributed by atoms with Crippen LogP contribution in [0.3, 0.4) is 0 Å². The summed E-state index contributed by atoms with van der Waals surface area (Å²) in [7, 11) is 0. The van der Waals surface area contributed by atoms with E-state index in [2.05, 4.69) is 10.6 Å². The zero-order valence-electron chi connectivity index (χ0n) is 14.5. The van der Waals surface area contributed by atoms with E-state index >= 15 is 0 Å². The van der Waals surface area contributed by atoms with Crippen molar-refractivity contribution in [3.63, 3.8) is 0 Å². The van der Waals surface area contributed by atoms with Crippen LogP contribution in [-0.4, -0.2) is 17.7 Å². The van der Waals surface area contributed by atoms with Gasteiger partial charge in [0.1, 0.15) is 0 Å². The lowest BCUT2D eigenvalue weighted by Crippen LogP contribution is -2.36. The highest BCUT2D eigenvalue weighted by Crippen LogP contribution is 2.28. The Kier molecular flexibility index (Phi) is 5.03. The Morgan fingerprint density at radius 2 is 1.83 bits per heavy atom. The van der Waals surface area contributed by atoms with E-state index in [0.29, 0.717) is 12.5 Å². The van der Waals surface area contributed by atoms with E-state index < -0.39 is 0 Å². The number of amides is 1. The molecule has 2 N–H and O–H groups in total. The number of Topliss-reactive ketones (excluding diaryl/α,β-unsaturated/α-hetero) is 1. The Morgan fingerprint density at radius 3 is 2.46 bits per heavy atom. The summed E-state index contributed by atoms with van der Waals surface area (Å²) < 4.78 is 0. The van der Waals surface area contributed by atoms with Crippen LogP contribution >= 0.6 is 0 Å². The lowest BCUT2D eigenvalue weighted by Gasteiger charge is -2.29. The fourth-order valence-corrected chi connectivity index (χ4v) is 3.68. The number of aryl methyl sites for hydroxylation is 1. The van der Waals surface area contributed by atoms with E-state index in [4.69, 9.17) is 0 Å². The monoisotopic (exact) mass is 326 g/mol. The number of anilines is 1. The zero-order valence-corrected chi connectivity index (χ0v) is 14.5. The zero-order chi connectivity index (χ0) is 17.1. The van der Waals surface area contributed by atoms with Crippen LogP contribution in [0.5, 0.6) is 0 Å². The molecule has 0 aliphatic heterocycles. The predicted molar refractivity (Wildman–Crippen MR) is 95.6 cm³/mol. The van der Waals surface area contributed by atoms with Crippen molar-refractivity contribution in [3.05, 3.63) is 41.1 Å². The maximum atomic E-state index is 12.4. The Hall–Kier alpha value is -2.10. The number of hydrogen-bond donors (Lipinski definition) is 2. The topological polar surface area (TPSA) is 58.2 Å². The van der Waals surface area contributed by atoms with Gasteiger partial charge in [0.05, 0.1) is 0 Å². The highest BCUT2D eigenvalue weighted by Gasteiger charge is 2.28. The third-order valence-electron chi connectivity index (χ3n) is 5.23. The normalized spacial score (nSPS) is 24.2. The van der Waals surface area contributed by atoms with Crippen molar-refractivity contribution < 1.29 is 9.59 Å². The fraction of sp³-hybridized carbons (Fsp3) is 0.500. The summed E-state index contributed by atoms with van der Waals surface area (Å²) in [4.78, 5) is 24.1. The highest BCUT2D eigenvalue weighted by molar-refractivity contribution is 5.98. The third-order valence-corrected chi connectivity index (χ3v) is 5.23. The Bertz CT molecular complexity index is 670. The maximum absolute atomic E-state index is 12.4. The first kappa shape index (κ1) is 16.7. The number of hydrogen-bond acceptors (Lipinski definition) is 3. The summed E-state index contributed by atoms with van der Waals surface area (Å²) in [5, 5.41) is 6.58. The molecule has 128 valence electrons. The summed E-state index contributed by atoms with van der Waals surface area (Å²) in [6.07, 6.45) is 5.25. The van der Waals surface area contributed by atoms with Gasteiger partial charge >= 0.3 is 0 Å². The van der Waals surface area contributed by atoms with Gasteiger partial charge in [-0.15, -0.1) is 0 Å². The minimum Gasteiger partial charge on any atom is -0.385 e. The van der Waals surface area contributed by atoms with Crippen molar-refractivity contribution in [2.75, 3.05) is 5.32 Å². The third kappa shape index (κ3) is 3.86. The molecular weight excluding hydrogens is 300 g/mol. The van der Waals surface area contributed by atoms with Crippen molar-refractivity contribution in [1.82, 2.24) is 5.32 Å². The van der Waals surface area contributed by atoms with Gasteiger partial charge in [-0.3, -0.25) is 9.59 Å². The maximum Gasteiger partial charge on any atom is 0.227 e. The quantitative estimate of drug-likeness (QED) is 0.886.